The number of nitrogens with one attached hydrogen (secondary N) is 1. The van der Waals surface area contributed by atoms with Crippen molar-refractivity contribution in [3.63, 3.8) is 0 Å². The topological polar surface area (TPSA) is 128 Å². The van der Waals surface area contributed by atoms with Gasteiger partial charge in [-0.3, -0.25) is 14.3 Å². The van der Waals surface area contributed by atoms with Crippen molar-refractivity contribution in [1.29, 1.82) is 5.26 Å². The van der Waals surface area contributed by atoms with Crippen LogP contribution in [-0.2, 0) is 10.5 Å². The van der Waals surface area contributed by atoms with Crippen LogP contribution in [0.2, 0.25) is 0 Å². The van der Waals surface area contributed by atoms with E-state index in [0.29, 0.717) is 0 Å². The second kappa shape index (κ2) is 6.23. The molecule has 0 saturated carbocycles. The normalized spacial score (nSPS) is 25.6. The van der Waals surface area contributed by atoms with Gasteiger partial charge in [0.25, 0.3) is 5.56 Å². The Hall–Kier alpha value is -1.60. The number of thioether (sulfide) groups is 1. The molecule has 3 atom stereocenters. The van der Waals surface area contributed by atoms with Crippen LogP contribution < -0.4 is 11.2 Å². The summed E-state index contributed by atoms with van der Waals surface area (Å²) < 4.78 is 6.52. The third kappa shape index (κ3) is 2.94. The Morgan fingerprint density at radius 2 is 2.35 bits per heavy atom. The van der Waals surface area contributed by atoms with Crippen LogP contribution in [0.4, 0.5) is 0 Å². The highest BCUT2D eigenvalue weighted by Crippen LogP contribution is 2.27. The van der Waals surface area contributed by atoms with Gasteiger partial charge in [0.05, 0.1) is 12.7 Å². The largest absolute Gasteiger partial charge is 0.394 e. The first kappa shape index (κ1) is 14.8. The number of hydrogen-bond donors (Lipinski definition) is 3. The fourth-order valence-electron chi connectivity index (χ4n) is 2.00. The molecule has 1 aromatic rings. The first-order valence-corrected chi connectivity index (χ1v) is 6.85. The molecule has 3 N–H and O–H groups in total. The standard InChI is InChI=1S/C11H13N3O5S/c12-5-20-4-6-2-14(11(18)13-10(6)17)9-1-7(16)8(3-15)19-9/h2,7-9,15-16H,1,3-4H2,(H,13,17,18). The molecule has 108 valence electrons. The van der Waals surface area contributed by atoms with Gasteiger partial charge in [0.2, 0.25) is 0 Å². The number of nitriles is 1. The summed E-state index contributed by atoms with van der Waals surface area (Å²) in [5, 5.41) is 29.0. The van der Waals surface area contributed by atoms with E-state index in [2.05, 4.69) is 4.98 Å². The maximum absolute atomic E-state index is 11.8. The van der Waals surface area contributed by atoms with E-state index >= 15 is 0 Å². The first-order valence-electron chi connectivity index (χ1n) is 5.86. The number of ether oxygens (including phenoxy) is 1. The summed E-state index contributed by atoms with van der Waals surface area (Å²) in [6.07, 6.45) is -0.918. The van der Waals surface area contributed by atoms with Crippen LogP contribution in [0, 0.1) is 10.7 Å². The average Bonchev–Trinajstić information content (AvgIpc) is 2.79. The Labute approximate surface area is 117 Å². The van der Waals surface area contributed by atoms with Crippen molar-refractivity contribution in [3.05, 3.63) is 32.6 Å². The van der Waals surface area contributed by atoms with Crippen LogP contribution in [-0.4, -0.2) is 38.6 Å². The second-order valence-corrected chi connectivity index (χ2v) is 5.08. The van der Waals surface area contributed by atoms with Crippen molar-refractivity contribution in [3.8, 4) is 5.40 Å². The van der Waals surface area contributed by atoms with Crippen LogP contribution in [0.3, 0.4) is 0 Å². The van der Waals surface area contributed by atoms with E-state index in [9.17, 15) is 14.7 Å². The van der Waals surface area contributed by atoms with E-state index in [-0.39, 0.29) is 24.3 Å². The third-order valence-corrected chi connectivity index (χ3v) is 3.61. The third-order valence-electron chi connectivity index (χ3n) is 3.03. The Morgan fingerprint density at radius 3 is 2.95 bits per heavy atom. The molecule has 0 aliphatic carbocycles. The molecule has 0 amide bonds. The van der Waals surface area contributed by atoms with Crippen molar-refractivity contribution >= 4 is 11.8 Å². The van der Waals surface area contributed by atoms with Gasteiger partial charge in [-0.2, -0.15) is 5.26 Å². The average molecular weight is 299 g/mol. The lowest BCUT2D eigenvalue weighted by Gasteiger charge is -2.15. The Morgan fingerprint density at radius 1 is 1.60 bits per heavy atom. The van der Waals surface area contributed by atoms with Crippen molar-refractivity contribution in [1.82, 2.24) is 9.55 Å². The molecule has 0 aromatic carbocycles. The fraction of sp³-hybridized carbons (Fsp3) is 0.545. The molecule has 1 aliphatic heterocycles. The number of aliphatic hydroxyl groups excluding tert-OH is 2. The zero-order chi connectivity index (χ0) is 14.7. The summed E-state index contributed by atoms with van der Waals surface area (Å²) in [4.78, 5) is 25.5. The van der Waals surface area contributed by atoms with E-state index in [0.717, 1.165) is 16.3 Å². The molecule has 1 aliphatic rings. The van der Waals surface area contributed by atoms with E-state index < -0.39 is 29.7 Å². The first-order chi connectivity index (χ1) is 9.56. The van der Waals surface area contributed by atoms with Crippen molar-refractivity contribution in [2.45, 2.75) is 30.6 Å². The predicted octanol–water partition coefficient (Wildman–Crippen LogP) is -1.11. The highest BCUT2D eigenvalue weighted by atomic mass is 32.2. The Balaban J connectivity index is 2.31. The molecule has 1 fully saturated rings. The SMILES string of the molecule is N#CSCc1cn(C2CC(O)C(CO)O2)c(=O)[nH]c1=O. The van der Waals surface area contributed by atoms with E-state index in [1.165, 1.54) is 6.20 Å². The molecule has 9 heteroatoms. The molecule has 2 rings (SSSR count). The molecular weight excluding hydrogens is 286 g/mol. The number of H-pyrrole nitrogens is 1. The minimum absolute atomic E-state index is 0.141. The number of aliphatic hydroxyl groups is 2. The van der Waals surface area contributed by atoms with Crippen LogP contribution in [0.5, 0.6) is 0 Å². The van der Waals surface area contributed by atoms with Crippen LogP contribution in [0.25, 0.3) is 0 Å². The summed E-state index contributed by atoms with van der Waals surface area (Å²) in [5.74, 6) is 0.144. The minimum atomic E-state index is -0.874. The second-order valence-electron chi connectivity index (χ2n) is 4.32. The van der Waals surface area contributed by atoms with Crippen LogP contribution >= 0.6 is 11.8 Å². The molecule has 0 radical (unpaired) electrons. The Kier molecular flexibility index (Phi) is 4.61. The molecule has 20 heavy (non-hydrogen) atoms. The zero-order valence-electron chi connectivity index (χ0n) is 10.4. The highest BCUT2D eigenvalue weighted by Gasteiger charge is 2.35. The summed E-state index contributed by atoms with van der Waals surface area (Å²) in [6, 6.07) is 0. The molecule has 0 bridgehead atoms. The Bertz CT molecular complexity index is 634. The van der Waals surface area contributed by atoms with Gasteiger partial charge in [0.1, 0.15) is 17.7 Å². The summed E-state index contributed by atoms with van der Waals surface area (Å²) in [6.45, 7) is -0.354. The van der Waals surface area contributed by atoms with E-state index in [4.69, 9.17) is 15.1 Å². The van der Waals surface area contributed by atoms with E-state index in [1.54, 1.807) is 0 Å². The van der Waals surface area contributed by atoms with Gasteiger partial charge in [-0.25, -0.2) is 4.79 Å². The maximum atomic E-state index is 11.8. The molecular formula is C11H13N3O5S. The lowest BCUT2D eigenvalue weighted by atomic mass is 10.2. The monoisotopic (exact) mass is 299 g/mol. The van der Waals surface area contributed by atoms with Gasteiger partial charge >= 0.3 is 5.69 Å². The van der Waals surface area contributed by atoms with Gasteiger partial charge < -0.3 is 14.9 Å². The molecule has 1 aromatic heterocycles. The van der Waals surface area contributed by atoms with Gasteiger partial charge in [0, 0.05) is 23.9 Å². The van der Waals surface area contributed by atoms with Crippen LogP contribution in [0.15, 0.2) is 15.8 Å². The van der Waals surface area contributed by atoms with Gasteiger partial charge in [-0.15, -0.1) is 0 Å². The number of aromatic nitrogens is 2. The molecule has 3 unspecified atom stereocenters. The van der Waals surface area contributed by atoms with Gasteiger partial charge in [-0.05, 0) is 11.8 Å². The minimum Gasteiger partial charge on any atom is -0.394 e. The lowest BCUT2D eigenvalue weighted by Crippen LogP contribution is -2.34. The van der Waals surface area contributed by atoms with Crippen molar-refractivity contribution in [2.75, 3.05) is 6.61 Å². The predicted molar refractivity (Wildman–Crippen MR) is 69.9 cm³/mol. The summed E-state index contributed by atoms with van der Waals surface area (Å²) >= 11 is 0.878. The molecule has 8 nitrogen and oxygen atoms in total. The van der Waals surface area contributed by atoms with Crippen molar-refractivity contribution < 1.29 is 14.9 Å². The highest BCUT2D eigenvalue weighted by molar-refractivity contribution is 8.02. The lowest BCUT2D eigenvalue weighted by molar-refractivity contribution is -0.0459. The zero-order valence-corrected chi connectivity index (χ0v) is 11.2. The molecule has 1 saturated heterocycles. The fourth-order valence-corrected chi connectivity index (χ4v) is 2.43. The summed E-state index contributed by atoms with van der Waals surface area (Å²) in [7, 11) is 0. The maximum Gasteiger partial charge on any atom is 0.330 e. The molecule has 0 spiro atoms. The number of aromatic amines is 1. The van der Waals surface area contributed by atoms with Gasteiger partial charge in [0.15, 0.2) is 0 Å². The van der Waals surface area contributed by atoms with Crippen LogP contribution in [0.1, 0.15) is 18.2 Å². The smallest absolute Gasteiger partial charge is 0.330 e. The molecule has 2 heterocycles. The number of rotatable bonds is 4. The number of hydrogen-bond acceptors (Lipinski definition) is 7. The van der Waals surface area contributed by atoms with Crippen molar-refractivity contribution in [2.24, 2.45) is 0 Å². The quantitative estimate of drug-likeness (QED) is 0.601. The number of thiocyanates is 1. The van der Waals surface area contributed by atoms with E-state index in [1.807, 2.05) is 5.40 Å². The summed E-state index contributed by atoms with van der Waals surface area (Å²) in [5.41, 5.74) is -0.940. The number of nitrogens with zero attached hydrogens (tertiary/aromatic N) is 2. The van der Waals surface area contributed by atoms with Gasteiger partial charge in [-0.1, -0.05) is 0 Å².